The molecule has 1 aromatic rings. The molecule has 2 fully saturated rings. The fourth-order valence-electron chi connectivity index (χ4n) is 3.80. The SMILES string of the molecule is C[C@@H](Nc1nnc(C2=CC=C(C(C)(F)F)NC2O)o1)C(=O)N1CCC2(CC1)CC2. The number of hydrogen-bond acceptors (Lipinski definition) is 7. The summed E-state index contributed by atoms with van der Waals surface area (Å²) in [6.45, 7) is 3.99. The van der Waals surface area contributed by atoms with E-state index in [1.807, 2.05) is 4.90 Å². The normalized spacial score (nSPS) is 24.4. The molecule has 1 unspecified atom stereocenters. The van der Waals surface area contributed by atoms with Crippen LogP contribution in [0, 0.1) is 5.41 Å². The molecule has 1 saturated heterocycles. The molecule has 29 heavy (non-hydrogen) atoms. The van der Waals surface area contributed by atoms with Crippen molar-refractivity contribution in [3.63, 3.8) is 0 Å². The van der Waals surface area contributed by atoms with Crippen molar-refractivity contribution in [2.24, 2.45) is 5.41 Å². The summed E-state index contributed by atoms with van der Waals surface area (Å²) in [4.78, 5) is 14.5. The van der Waals surface area contributed by atoms with Gasteiger partial charge < -0.3 is 25.1 Å². The summed E-state index contributed by atoms with van der Waals surface area (Å²) in [5.74, 6) is -3.15. The van der Waals surface area contributed by atoms with Crippen LogP contribution in [0.3, 0.4) is 0 Å². The third-order valence-electron chi connectivity index (χ3n) is 5.96. The van der Waals surface area contributed by atoms with Crippen LogP contribution in [0.5, 0.6) is 0 Å². The lowest BCUT2D eigenvalue weighted by atomic mass is 9.93. The van der Waals surface area contributed by atoms with Crippen LogP contribution in [0.25, 0.3) is 5.57 Å². The van der Waals surface area contributed by atoms with E-state index in [9.17, 15) is 18.7 Å². The van der Waals surface area contributed by atoms with Crippen molar-refractivity contribution in [1.82, 2.24) is 20.4 Å². The van der Waals surface area contributed by atoms with Crippen molar-refractivity contribution in [3.8, 4) is 0 Å². The number of likely N-dealkylation sites (tertiary alicyclic amines) is 1. The van der Waals surface area contributed by atoms with Crippen LogP contribution in [0.15, 0.2) is 22.3 Å². The number of aromatic nitrogens is 2. The number of halogens is 2. The average molecular weight is 409 g/mol. The number of piperidine rings is 1. The van der Waals surface area contributed by atoms with Gasteiger partial charge in [0.15, 0.2) is 6.23 Å². The smallest absolute Gasteiger partial charge is 0.316 e. The van der Waals surface area contributed by atoms with E-state index in [-0.39, 0.29) is 23.4 Å². The summed E-state index contributed by atoms with van der Waals surface area (Å²) < 4.78 is 32.2. The van der Waals surface area contributed by atoms with Gasteiger partial charge >= 0.3 is 6.01 Å². The van der Waals surface area contributed by atoms with E-state index in [0.29, 0.717) is 5.41 Å². The lowest BCUT2D eigenvalue weighted by Crippen LogP contribution is -2.45. The Morgan fingerprint density at radius 3 is 2.62 bits per heavy atom. The monoisotopic (exact) mass is 409 g/mol. The first kappa shape index (κ1) is 19.8. The summed E-state index contributed by atoms with van der Waals surface area (Å²) in [7, 11) is 0. The lowest BCUT2D eigenvalue weighted by molar-refractivity contribution is -0.133. The van der Waals surface area contributed by atoms with Gasteiger partial charge in [-0.2, -0.15) is 0 Å². The fourth-order valence-corrected chi connectivity index (χ4v) is 3.80. The molecule has 0 radical (unpaired) electrons. The van der Waals surface area contributed by atoms with Crippen LogP contribution in [-0.2, 0) is 4.79 Å². The molecule has 8 nitrogen and oxygen atoms in total. The number of amides is 1. The molecule has 1 spiro atoms. The zero-order valence-corrected chi connectivity index (χ0v) is 16.4. The van der Waals surface area contributed by atoms with Crippen molar-refractivity contribution in [2.75, 3.05) is 18.4 Å². The van der Waals surface area contributed by atoms with Gasteiger partial charge in [0, 0.05) is 20.0 Å². The summed E-state index contributed by atoms with van der Waals surface area (Å²) in [6, 6.07) is -0.523. The maximum Gasteiger partial charge on any atom is 0.316 e. The number of carbonyl (C=O) groups is 1. The van der Waals surface area contributed by atoms with Crippen LogP contribution >= 0.6 is 0 Å². The first-order valence-corrected chi connectivity index (χ1v) is 9.81. The highest BCUT2D eigenvalue weighted by Gasteiger charge is 2.45. The molecule has 0 aromatic carbocycles. The number of hydrogen-bond donors (Lipinski definition) is 3. The Kier molecular flexibility index (Phi) is 4.84. The molecule has 3 heterocycles. The Morgan fingerprint density at radius 1 is 1.34 bits per heavy atom. The van der Waals surface area contributed by atoms with E-state index in [4.69, 9.17) is 4.42 Å². The number of anilines is 1. The second kappa shape index (κ2) is 7.08. The first-order valence-electron chi connectivity index (χ1n) is 9.81. The van der Waals surface area contributed by atoms with E-state index in [1.165, 1.54) is 18.9 Å². The van der Waals surface area contributed by atoms with E-state index >= 15 is 0 Å². The van der Waals surface area contributed by atoms with E-state index in [2.05, 4.69) is 20.8 Å². The second-order valence-electron chi connectivity index (χ2n) is 8.24. The third kappa shape index (κ3) is 4.12. The van der Waals surface area contributed by atoms with E-state index < -0.39 is 23.9 Å². The van der Waals surface area contributed by atoms with Crippen LogP contribution < -0.4 is 10.6 Å². The summed E-state index contributed by atoms with van der Waals surface area (Å²) in [6.07, 6.45) is 5.72. The Hall–Kier alpha value is -2.49. The summed E-state index contributed by atoms with van der Waals surface area (Å²) in [5, 5.41) is 23.0. The number of nitrogens with one attached hydrogen (secondary N) is 2. The van der Waals surface area contributed by atoms with Gasteiger partial charge in [-0.1, -0.05) is 5.10 Å². The summed E-state index contributed by atoms with van der Waals surface area (Å²) in [5.41, 5.74) is 0.261. The largest absolute Gasteiger partial charge is 0.404 e. The van der Waals surface area contributed by atoms with Gasteiger partial charge in [0.25, 0.3) is 5.92 Å². The Labute approximate surface area is 167 Å². The molecule has 4 rings (SSSR count). The molecule has 3 N–H and O–H groups in total. The van der Waals surface area contributed by atoms with Gasteiger partial charge in [0.05, 0.1) is 11.3 Å². The highest BCUT2D eigenvalue weighted by atomic mass is 19.3. The highest BCUT2D eigenvalue weighted by Crippen LogP contribution is 2.53. The third-order valence-corrected chi connectivity index (χ3v) is 5.96. The second-order valence-corrected chi connectivity index (χ2v) is 8.24. The highest BCUT2D eigenvalue weighted by molar-refractivity contribution is 5.83. The molecule has 2 atom stereocenters. The standard InChI is InChI=1S/C19H25F2N5O3/c1-11(16(28)26-9-7-19(5-6-19)8-10-26)22-17-25-24-15(29-17)12-3-4-13(18(2,20)21)23-14(12)27/h3-4,11,14,23,27H,5-10H2,1-2H3,(H,22,25)/t11-,14?/m1/s1. The average Bonchev–Trinajstić information content (AvgIpc) is 3.26. The molecular formula is C19H25F2N5O3. The van der Waals surface area contributed by atoms with E-state index in [0.717, 1.165) is 38.9 Å². The number of dihydropyridines is 1. The first-order chi connectivity index (χ1) is 13.7. The maximum atomic E-state index is 13.4. The van der Waals surface area contributed by atoms with Gasteiger partial charge in [0.2, 0.25) is 11.8 Å². The van der Waals surface area contributed by atoms with Crippen molar-refractivity contribution >= 4 is 17.5 Å². The molecule has 1 aromatic heterocycles. The molecule has 3 aliphatic rings. The molecule has 2 aliphatic heterocycles. The van der Waals surface area contributed by atoms with E-state index in [1.54, 1.807) is 6.92 Å². The minimum Gasteiger partial charge on any atom is -0.404 e. The van der Waals surface area contributed by atoms with Crippen LogP contribution in [0.2, 0.25) is 0 Å². The van der Waals surface area contributed by atoms with Gasteiger partial charge in [-0.25, -0.2) is 8.78 Å². The van der Waals surface area contributed by atoms with Gasteiger partial charge in [-0.15, -0.1) is 5.10 Å². The number of nitrogens with zero attached hydrogens (tertiary/aromatic N) is 3. The molecule has 1 aliphatic carbocycles. The summed E-state index contributed by atoms with van der Waals surface area (Å²) >= 11 is 0. The Morgan fingerprint density at radius 2 is 2.03 bits per heavy atom. The topological polar surface area (TPSA) is 104 Å². The van der Waals surface area contributed by atoms with Gasteiger partial charge in [-0.3, -0.25) is 4.79 Å². The Bertz CT molecular complexity index is 846. The van der Waals surface area contributed by atoms with Crippen LogP contribution in [0.4, 0.5) is 14.8 Å². The molecule has 0 bridgehead atoms. The number of alkyl halides is 2. The van der Waals surface area contributed by atoms with Crippen LogP contribution in [-0.4, -0.2) is 57.4 Å². The molecule has 10 heteroatoms. The van der Waals surface area contributed by atoms with Crippen molar-refractivity contribution < 1.29 is 23.1 Å². The minimum absolute atomic E-state index is 0.0180. The Balaban J connectivity index is 1.38. The predicted octanol–water partition coefficient (Wildman–Crippen LogP) is 2.12. The van der Waals surface area contributed by atoms with Crippen molar-refractivity contribution in [2.45, 2.75) is 57.7 Å². The number of aliphatic hydroxyl groups excluding tert-OH is 1. The zero-order chi connectivity index (χ0) is 20.8. The molecule has 1 amide bonds. The number of rotatable bonds is 5. The molecule has 158 valence electrons. The fraction of sp³-hybridized carbons (Fsp3) is 0.632. The van der Waals surface area contributed by atoms with Crippen LogP contribution in [0.1, 0.15) is 45.4 Å². The van der Waals surface area contributed by atoms with Gasteiger partial charge in [0.1, 0.15) is 6.04 Å². The maximum absolute atomic E-state index is 13.4. The van der Waals surface area contributed by atoms with Gasteiger partial charge in [-0.05, 0) is 50.2 Å². The quantitative estimate of drug-likeness (QED) is 0.684. The van der Waals surface area contributed by atoms with Crippen molar-refractivity contribution in [1.29, 1.82) is 0 Å². The molecule has 1 saturated carbocycles. The number of allylic oxidation sites excluding steroid dienone is 3. The van der Waals surface area contributed by atoms with Crippen molar-refractivity contribution in [3.05, 3.63) is 23.7 Å². The zero-order valence-electron chi connectivity index (χ0n) is 16.4. The lowest BCUT2D eigenvalue weighted by Gasteiger charge is -2.33. The number of carbonyl (C=O) groups excluding carboxylic acids is 1. The predicted molar refractivity (Wildman–Crippen MR) is 101 cm³/mol. The minimum atomic E-state index is -3.10. The molecular weight excluding hydrogens is 384 g/mol. The number of aliphatic hydroxyl groups is 1.